The van der Waals surface area contributed by atoms with Crippen LogP contribution in [0.3, 0.4) is 0 Å². The number of hydrogen-bond acceptors (Lipinski definition) is 1. The summed E-state index contributed by atoms with van der Waals surface area (Å²) in [6.07, 6.45) is 3.53. The van der Waals surface area contributed by atoms with Crippen LogP contribution in [0.25, 0.3) is 0 Å². The second-order valence-electron chi connectivity index (χ2n) is 1.17. The average Bonchev–Trinajstić information content (AvgIpc) is 1.86. The molecule has 0 spiro atoms. The topological polar surface area (TPSA) is 28.7 Å². The van der Waals surface area contributed by atoms with Gasteiger partial charge in [-0.05, 0) is 6.92 Å². The van der Waals surface area contributed by atoms with E-state index in [1.54, 1.807) is 12.4 Å². The van der Waals surface area contributed by atoms with E-state index < -0.39 is 0 Å². The van der Waals surface area contributed by atoms with E-state index in [-0.39, 0.29) is 1.43 Å². The van der Waals surface area contributed by atoms with Gasteiger partial charge < -0.3 is 4.98 Å². The molecule has 0 aliphatic rings. The van der Waals surface area contributed by atoms with E-state index in [9.17, 15) is 0 Å². The highest BCUT2D eigenvalue weighted by molar-refractivity contribution is 4.80. The van der Waals surface area contributed by atoms with Gasteiger partial charge in [0.05, 0.1) is 0 Å². The standard InChI is InChI=1S/C4H6N2.H2/c1-4-5-2-3-6-4;/h2-3H,1H3,(H,5,6);1H. The molecular weight excluding hydrogens is 76.1 g/mol. The molecular formula is C4H8N2. The molecule has 0 aliphatic carbocycles. The third kappa shape index (κ3) is 0.407. The zero-order chi connectivity index (χ0) is 4.41. The van der Waals surface area contributed by atoms with Gasteiger partial charge in [0.1, 0.15) is 5.82 Å². The summed E-state index contributed by atoms with van der Waals surface area (Å²) in [7, 11) is 0. The van der Waals surface area contributed by atoms with Crippen molar-refractivity contribution in [1.82, 2.24) is 9.97 Å². The van der Waals surface area contributed by atoms with Gasteiger partial charge in [-0.1, -0.05) is 0 Å². The zero-order valence-corrected chi connectivity index (χ0v) is 3.60. The van der Waals surface area contributed by atoms with E-state index >= 15 is 0 Å². The molecule has 0 amide bonds. The molecule has 0 saturated heterocycles. The van der Waals surface area contributed by atoms with E-state index in [4.69, 9.17) is 0 Å². The quantitative estimate of drug-likeness (QED) is 0.498. The lowest BCUT2D eigenvalue weighted by Gasteiger charge is -1.68. The van der Waals surface area contributed by atoms with Crippen LogP contribution >= 0.6 is 0 Å². The Morgan fingerprint density at radius 1 is 2.00 bits per heavy atom. The van der Waals surface area contributed by atoms with Crippen LogP contribution in [0.5, 0.6) is 0 Å². The number of aryl methyl sites for hydroxylation is 1. The van der Waals surface area contributed by atoms with Gasteiger partial charge in [0.2, 0.25) is 0 Å². The first-order valence-electron chi connectivity index (χ1n) is 1.85. The minimum atomic E-state index is 0. The predicted octanol–water partition coefficient (Wildman–Crippen LogP) is 0.964. The van der Waals surface area contributed by atoms with Gasteiger partial charge in [0, 0.05) is 13.8 Å². The Balaban J connectivity index is 0.000000360. The third-order valence-corrected chi connectivity index (χ3v) is 0.635. The fourth-order valence-corrected chi connectivity index (χ4v) is 0.344. The van der Waals surface area contributed by atoms with E-state index in [0.29, 0.717) is 0 Å². The smallest absolute Gasteiger partial charge is 0.102 e. The zero-order valence-electron chi connectivity index (χ0n) is 3.60. The lowest BCUT2D eigenvalue weighted by Crippen LogP contribution is -1.66. The van der Waals surface area contributed by atoms with E-state index in [1.807, 2.05) is 6.92 Å². The summed E-state index contributed by atoms with van der Waals surface area (Å²) in [5, 5.41) is 0. The molecule has 0 radical (unpaired) electrons. The lowest BCUT2D eigenvalue weighted by atomic mass is 10.8. The first-order chi connectivity index (χ1) is 2.89. The Labute approximate surface area is 37.7 Å². The van der Waals surface area contributed by atoms with Crippen LogP contribution in [0.15, 0.2) is 12.4 Å². The maximum absolute atomic E-state index is 3.86. The van der Waals surface area contributed by atoms with Gasteiger partial charge in [-0.2, -0.15) is 0 Å². The maximum atomic E-state index is 3.86. The van der Waals surface area contributed by atoms with Crippen LogP contribution in [0.1, 0.15) is 7.25 Å². The second kappa shape index (κ2) is 1.12. The molecule has 0 aliphatic heterocycles. The van der Waals surface area contributed by atoms with Crippen LogP contribution in [0.4, 0.5) is 0 Å². The molecule has 0 atom stereocenters. The molecule has 1 N–H and O–H groups in total. The summed E-state index contributed by atoms with van der Waals surface area (Å²) in [6, 6.07) is 0. The molecule has 0 bridgehead atoms. The van der Waals surface area contributed by atoms with Crippen molar-refractivity contribution in [3.05, 3.63) is 18.2 Å². The first kappa shape index (κ1) is 3.40. The monoisotopic (exact) mass is 84.1 g/mol. The Hall–Kier alpha value is -0.790. The summed E-state index contributed by atoms with van der Waals surface area (Å²) in [5.41, 5.74) is 0. The number of nitrogens with one attached hydrogen (secondary N) is 1. The SMILES string of the molecule is Cc1ncc[nH]1.[HH]. The second-order valence-corrected chi connectivity index (χ2v) is 1.17. The van der Waals surface area contributed by atoms with Crippen LogP contribution in [0.2, 0.25) is 0 Å². The summed E-state index contributed by atoms with van der Waals surface area (Å²) >= 11 is 0. The molecule has 6 heavy (non-hydrogen) atoms. The summed E-state index contributed by atoms with van der Waals surface area (Å²) < 4.78 is 0. The Morgan fingerprint density at radius 2 is 2.83 bits per heavy atom. The molecule has 1 heterocycles. The maximum Gasteiger partial charge on any atom is 0.102 e. The summed E-state index contributed by atoms with van der Waals surface area (Å²) in [4.78, 5) is 6.75. The van der Waals surface area contributed by atoms with Crippen molar-refractivity contribution in [2.45, 2.75) is 6.92 Å². The molecule has 34 valence electrons. The number of H-pyrrole nitrogens is 1. The van der Waals surface area contributed by atoms with Gasteiger partial charge in [-0.15, -0.1) is 0 Å². The summed E-state index contributed by atoms with van der Waals surface area (Å²) in [5.74, 6) is 0.968. The van der Waals surface area contributed by atoms with E-state index in [0.717, 1.165) is 5.82 Å². The Morgan fingerprint density at radius 3 is 3.00 bits per heavy atom. The molecule has 1 aromatic heterocycles. The lowest BCUT2D eigenvalue weighted by molar-refractivity contribution is 1.15. The first-order valence-corrected chi connectivity index (χ1v) is 1.85. The van der Waals surface area contributed by atoms with Crippen LogP contribution < -0.4 is 0 Å². The molecule has 2 nitrogen and oxygen atoms in total. The molecule has 1 aromatic rings. The molecule has 1 rings (SSSR count). The number of aromatic nitrogens is 2. The van der Waals surface area contributed by atoms with Crippen molar-refractivity contribution in [3.8, 4) is 0 Å². The molecule has 2 heteroatoms. The van der Waals surface area contributed by atoms with Gasteiger partial charge in [0.25, 0.3) is 0 Å². The fourth-order valence-electron chi connectivity index (χ4n) is 0.344. The van der Waals surface area contributed by atoms with Gasteiger partial charge >= 0.3 is 0 Å². The number of rotatable bonds is 0. The number of imidazole rings is 1. The third-order valence-electron chi connectivity index (χ3n) is 0.635. The minimum absolute atomic E-state index is 0. The van der Waals surface area contributed by atoms with Crippen molar-refractivity contribution in [3.63, 3.8) is 0 Å². The molecule has 0 unspecified atom stereocenters. The predicted molar refractivity (Wildman–Crippen MR) is 25.4 cm³/mol. The normalized spacial score (nSPS) is 8.83. The average molecular weight is 84.1 g/mol. The van der Waals surface area contributed by atoms with Gasteiger partial charge in [-0.3, -0.25) is 0 Å². The van der Waals surface area contributed by atoms with Crippen molar-refractivity contribution >= 4 is 0 Å². The van der Waals surface area contributed by atoms with Crippen molar-refractivity contribution in [2.75, 3.05) is 0 Å². The number of aromatic amines is 1. The highest BCUT2D eigenvalue weighted by Gasteiger charge is 1.73. The summed E-state index contributed by atoms with van der Waals surface area (Å²) in [6.45, 7) is 1.92. The van der Waals surface area contributed by atoms with E-state index in [2.05, 4.69) is 9.97 Å². The van der Waals surface area contributed by atoms with Gasteiger partial charge in [0.15, 0.2) is 0 Å². The molecule has 0 aromatic carbocycles. The van der Waals surface area contributed by atoms with Gasteiger partial charge in [-0.25, -0.2) is 4.98 Å². The van der Waals surface area contributed by atoms with Crippen molar-refractivity contribution in [1.29, 1.82) is 0 Å². The Kier molecular flexibility index (Phi) is 0.638. The van der Waals surface area contributed by atoms with Crippen LogP contribution in [0, 0.1) is 6.92 Å². The minimum Gasteiger partial charge on any atom is -0.349 e. The molecule has 0 saturated carbocycles. The number of nitrogens with zero attached hydrogens (tertiary/aromatic N) is 1. The Bertz CT molecular complexity index is 113. The highest BCUT2D eigenvalue weighted by Crippen LogP contribution is 1.78. The van der Waals surface area contributed by atoms with Crippen molar-refractivity contribution < 1.29 is 1.43 Å². The largest absolute Gasteiger partial charge is 0.349 e. The van der Waals surface area contributed by atoms with E-state index in [1.165, 1.54) is 0 Å². The van der Waals surface area contributed by atoms with Crippen LogP contribution in [-0.2, 0) is 0 Å². The molecule has 0 fully saturated rings. The number of hydrogen-bond donors (Lipinski definition) is 1. The highest BCUT2D eigenvalue weighted by atomic mass is 14.9. The van der Waals surface area contributed by atoms with Crippen LogP contribution in [-0.4, -0.2) is 9.97 Å². The fraction of sp³-hybridized carbons (Fsp3) is 0.250. The van der Waals surface area contributed by atoms with Crippen molar-refractivity contribution in [2.24, 2.45) is 0 Å².